The van der Waals surface area contributed by atoms with Gasteiger partial charge in [0.2, 0.25) is 0 Å². The van der Waals surface area contributed by atoms with E-state index < -0.39 is 11.9 Å². The molecule has 1 atom stereocenters. The van der Waals surface area contributed by atoms with Crippen molar-refractivity contribution in [3.63, 3.8) is 0 Å². The predicted molar refractivity (Wildman–Crippen MR) is 124 cm³/mol. The van der Waals surface area contributed by atoms with E-state index in [0.29, 0.717) is 18.4 Å². The van der Waals surface area contributed by atoms with E-state index in [1.54, 1.807) is 31.5 Å². The minimum Gasteiger partial charge on any atom is -0.478 e. The molecule has 3 aromatic rings. The number of nitrogens with zero attached hydrogens (tertiary/aromatic N) is 3. The number of halogens is 1. The highest BCUT2D eigenvalue weighted by atomic mass is 19.1. The smallest absolute Gasteiger partial charge is 0.260 e. The van der Waals surface area contributed by atoms with Gasteiger partial charge in [-0.15, -0.1) is 0 Å². The first-order valence-electron chi connectivity index (χ1n) is 11.4. The Bertz CT molecular complexity index is 1080. The maximum absolute atomic E-state index is 13.8. The van der Waals surface area contributed by atoms with E-state index >= 15 is 0 Å². The zero-order chi connectivity index (χ0) is 23.2. The summed E-state index contributed by atoms with van der Waals surface area (Å²) >= 11 is 0. The van der Waals surface area contributed by atoms with Crippen molar-refractivity contribution in [2.45, 2.75) is 51.6 Å². The monoisotopic (exact) mass is 448 g/mol. The van der Waals surface area contributed by atoms with Crippen LogP contribution < -0.4 is 10.1 Å². The SMILES string of the molecule is Cc1ncc(-c2ccncc2)c(C2CCC(CNC(=O)[C@H](C)Oc3ccccc3F)CC2)n1. The van der Waals surface area contributed by atoms with Crippen molar-refractivity contribution >= 4 is 5.91 Å². The molecule has 0 unspecified atom stereocenters. The van der Waals surface area contributed by atoms with Crippen molar-refractivity contribution in [2.24, 2.45) is 5.92 Å². The van der Waals surface area contributed by atoms with Crippen molar-refractivity contribution in [3.8, 4) is 16.9 Å². The Labute approximate surface area is 193 Å². The minimum atomic E-state index is -0.759. The molecule has 0 saturated heterocycles. The van der Waals surface area contributed by atoms with E-state index in [1.807, 2.05) is 25.3 Å². The Balaban J connectivity index is 1.31. The lowest BCUT2D eigenvalue weighted by molar-refractivity contribution is -0.127. The third-order valence-corrected chi connectivity index (χ3v) is 6.24. The third-order valence-electron chi connectivity index (χ3n) is 6.24. The highest BCUT2D eigenvalue weighted by Gasteiger charge is 2.27. The fourth-order valence-corrected chi connectivity index (χ4v) is 4.37. The summed E-state index contributed by atoms with van der Waals surface area (Å²) in [6.45, 7) is 4.15. The average Bonchev–Trinajstić information content (AvgIpc) is 2.84. The molecule has 0 bridgehead atoms. The molecule has 172 valence electrons. The van der Waals surface area contributed by atoms with Gasteiger partial charge < -0.3 is 10.1 Å². The second-order valence-electron chi connectivity index (χ2n) is 8.61. The van der Waals surface area contributed by atoms with Crippen molar-refractivity contribution in [2.75, 3.05) is 6.54 Å². The van der Waals surface area contributed by atoms with E-state index in [1.165, 1.54) is 12.1 Å². The molecular formula is C26H29FN4O2. The van der Waals surface area contributed by atoms with Gasteiger partial charge in [0, 0.05) is 36.6 Å². The Morgan fingerprint density at radius 1 is 1.15 bits per heavy atom. The molecule has 2 heterocycles. The fraction of sp³-hybridized carbons (Fsp3) is 0.385. The second kappa shape index (κ2) is 10.5. The normalized spacial score (nSPS) is 19.0. The summed E-state index contributed by atoms with van der Waals surface area (Å²) in [5.74, 6) is 0.934. The predicted octanol–water partition coefficient (Wildman–Crippen LogP) is 4.84. The van der Waals surface area contributed by atoms with Gasteiger partial charge in [-0.25, -0.2) is 14.4 Å². The summed E-state index contributed by atoms with van der Waals surface area (Å²) in [5, 5.41) is 2.97. The van der Waals surface area contributed by atoms with Crippen LogP contribution in [0.15, 0.2) is 55.0 Å². The molecule has 6 nitrogen and oxygen atoms in total. The Kier molecular flexibility index (Phi) is 7.27. The Hall–Kier alpha value is -3.35. The van der Waals surface area contributed by atoms with Crippen LogP contribution in [-0.4, -0.2) is 33.5 Å². The van der Waals surface area contributed by atoms with Crippen LogP contribution >= 0.6 is 0 Å². The molecule has 1 aliphatic rings. The number of benzene rings is 1. The highest BCUT2D eigenvalue weighted by Crippen LogP contribution is 2.38. The van der Waals surface area contributed by atoms with Crippen molar-refractivity contribution in [3.05, 3.63) is 72.3 Å². The summed E-state index contributed by atoms with van der Waals surface area (Å²) in [4.78, 5) is 25.8. The number of ether oxygens (including phenoxy) is 1. The first-order valence-corrected chi connectivity index (χ1v) is 11.4. The van der Waals surface area contributed by atoms with Crippen LogP contribution in [0.25, 0.3) is 11.1 Å². The first kappa shape index (κ1) is 22.8. The molecule has 4 rings (SSSR count). The quantitative estimate of drug-likeness (QED) is 0.559. The third kappa shape index (κ3) is 5.72. The number of pyridine rings is 1. The average molecular weight is 449 g/mol. The molecule has 1 aliphatic carbocycles. The van der Waals surface area contributed by atoms with Crippen LogP contribution in [0.1, 0.15) is 50.0 Å². The lowest BCUT2D eigenvalue weighted by Crippen LogP contribution is -2.39. The number of hydrogen-bond donors (Lipinski definition) is 1. The van der Waals surface area contributed by atoms with E-state index in [9.17, 15) is 9.18 Å². The van der Waals surface area contributed by atoms with Crippen molar-refractivity contribution in [1.82, 2.24) is 20.3 Å². The number of carbonyl (C=O) groups excluding carboxylic acids is 1. The van der Waals surface area contributed by atoms with Crippen molar-refractivity contribution < 1.29 is 13.9 Å². The molecule has 0 aliphatic heterocycles. The number of carbonyl (C=O) groups is 1. The molecule has 7 heteroatoms. The number of rotatable bonds is 7. The minimum absolute atomic E-state index is 0.0887. The van der Waals surface area contributed by atoms with Crippen LogP contribution in [-0.2, 0) is 4.79 Å². The second-order valence-corrected chi connectivity index (χ2v) is 8.61. The Morgan fingerprint density at radius 3 is 2.61 bits per heavy atom. The topological polar surface area (TPSA) is 77.0 Å². The molecule has 0 radical (unpaired) electrons. The first-order chi connectivity index (χ1) is 16.0. The van der Waals surface area contributed by atoms with Gasteiger partial charge in [0.1, 0.15) is 5.82 Å². The maximum Gasteiger partial charge on any atom is 0.260 e. The molecule has 1 N–H and O–H groups in total. The zero-order valence-corrected chi connectivity index (χ0v) is 19.0. The van der Waals surface area contributed by atoms with Crippen LogP contribution in [0.3, 0.4) is 0 Å². The number of hydrogen-bond acceptors (Lipinski definition) is 5. The van der Waals surface area contributed by atoms with Gasteiger partial charge in [-0.1, -0.05) is 12.1 Å². The van der Waals surface area contributed by atoms with Gasteiger partial charge >= 0.3 is 0 Å². The standard InChI is InChI=1S/C26H29FN4O2/c1-17(33-24-6-4-3-5-23(24)27)26(32)30-15-19-7-9-21(10-8-19)25-22(16-29-18(2)31-25)20-11-13-28-14-12-20/h3-6,11-14,16-17,19,21H,7-10,15H2,1-2H3,(H,30,32)/t17-,19?,21?/m0/s1. The van der Waals surface area contributed by atoms with Gasteiger partial charge in [0.25, 0.3) is 5.91 Å². The van der Waals surface area contributed by atoms with E-state index in [4.69, 9.17) is 9.72 Å². The summed E-state index contributed by atoms with van der Waals surface area (Å²) in [6, 6.07) is 10.1. The molecule has 33 heavy (non-hydrogen) atoms. The van der Waals surface area contributed by atoms with E-state index in [0.717, 1.165) is 48.3 Å². The Morgan fingerprint density at radius 2 is 1.88 bits per heavy atom. The zero-order valence-electron chi connectivity index (χ0n) is 19.0. The van der Waals surface area contributed by atoms with Crippen molar-refractivity contribution in [1.29, 1.82) is 0 Å². The van der Waals surface area contributed by atoms with Crippen LogP contribution in [0, 0.1) is 18.7 Å². The summed E-state index contributed by atoms with van der Waals surface area (Å²) in [6.07, 6.45) is 8.76. The largest absolute Gasteiger partial charge is 0.478 e. The molecule has 1 amide bonds. The molecule has 2 aromatic heterocycles. The molecular weight excluding hydrogens is 419 g/mol. The highest BCUT2D eigenvalue weighted by molar-refractivity contribution is 5.80. The van der Waals surface area contributed by atoms with E-state index in [2.05, 4.69) is 15.3 Å². The summed E-state index contributed by atoms with van der Waals surface area (Å²) in [7, 11) is 0. The number of para-hydroxylation sites is 1. The van der Waals surface area contributed by atoms with Gasteiger partial charge in [0.15, 0.2) is 17.7 Å². The van der Waals surface area contributed by atoms with Gasteiger partial charge in [0.05, 0.1) is 5.69 Å². The number of nitrogens with one attached hydrogen (secondary N) is 1. The molecule has 1 saturated carbocycles. The summed E-state index contributed by atoms with van der Waals surface area (Å²) in [5.41, 5.74) is 3.25. The number of aromatic nitrogens is 3. The van der Waals surface area contributed by atoms with E-state index in [-0.39, 0.29) is 11.7 Å². The van der Waals surface area contributed by atoms with Crippen LogP contribution in [0.2, 0.25) is 0 Å². The molecule has 1 aromatic carbocycles. The fourth-order valence-electron chi connectivity index (χ4n) is 4.37. The lowest BCUT2D eigenvalue weighted by Gasteiger charge is -2.29. The van der Waals surface area contributed by atoms with Gasteiger partial charge in [-0.05, 0) is 75.3 Å². The lowest BCUT2D eigenvalue weighted by atomic mass is 9.79. The molecule has 1 fully saturated rings. The van der Waals surface area contributed by atoms with Gasteiger partial charge in [-0.3, -0.25) is 9.78 Å². The maximum atomic E-state index is 13.8. The number of aryl methyl sites for hydroxylation is 1. The molecule has 0 spiro atoms. The number of amides is 1. The van der Waals surface area contributed by atoms with Crippen LogP contribution in [0.5, 0.6) is 5.75 Å². The van der Waals surface area contributed by atoms with Crippen LogP contribution in [0.4, 0.5) is 4.39 Å². The summed E-state index contributed by atoms with van der Waals surface area (Å²) < 4.78 is 19.2. The van der Waals surface area contributed by atoms with Gasteiger partial charge in [-0.2, -0.15) is 0 Å².